The number of fused-ring (bicyclic) bond motifs is 1. The van der Waals surface area contributed by atoms with Gasteiger partial charge in [0, 0.05) is 18.8 Å². The maximum atomic E-state index is 13.1. The first-order chi connectivity index (χ1) is 7.16. The Morgan fingerprint density at radius 2 is 2.20 bits per heavy atom. The molecule has 81 valence electrons. The molecule has 15 heavy (non-hydrogen) atoms. The van der Waals surface area contributed by atoms with Crippen molar-refractivity contribution in [2.75, 3.05) is 18.0 Å². The number of hydrogen-bond acceptors (Lipinski definition) is 1. The predicted octanol–water partition coefficient (Wildman–Crippen LogP) is 3.19. The molecule has 1 aliphatic heterocycles. The van der Waals surface area contributed by atoms with Gasteiger partial charge in [0.2, 0.25) is 0 Å². The summed E-state index contributed by atoms with van der Waals surface area (Å²) in [7, 11) is 0. The lowest BCUT2D eigenvalue weighted by atomic mass is 10.0. The molecule has 0 fully saturated rings. The molecule has 2 rings (SSSR count). The van der Waals surface area contributed by atoms with E-state index in [0.717, 1.165) is 31.5 Å². The van der Waals surface area contributed by atoms with Crippen LogP contribution in [-0.4, -0.2) is 13.1 Å². The SMILES string of the molecule is C[C](C)CN1CCCc2cc(F)ccc21. The number of aryl methyl sites for hydroxylation is 1. The Balaban J connectivity index is 2.26. The molecule has 1 aliphatic rings. The molecule has 0 bridgehead atoms. The van der Waals surface area contributed by atoms with Crippen molar-refractivity contribution in [3.63, 3.8) is 0 Å². The summed E-state index contributed by atoms with van der Waals surface area (Å²) in [5.41, 5.74) is 2.37. The molecule has 1 aromatic carbocycles. The van der Waals surface area contributed by atoms with Crippen molar-refractivity contribution in [2.24, 2.45) is 0 Å². The minimum atomic E-state index is -0.118. The van der Waals surface area contributed by atoms with Crippen LogP contribution in [0.15, 0.2) is 18.2 Å². The molecule has 0 unspecified atom stereocenters. The fraction of sp³-hybridized carbons (Fsp3) is 0.462. The van der Waals surface area contributed by atoms with Gasteiger partial charge in [-0.05, 0) is 42.5 Å². The number of nitrogens with zero attached hydrogens (tertiary/aromatic N) is 1. The second-order valence-corrected chi connectivity index (χ2v) is 4.51. The van der Waals surface area contributed by atoms with Gasteiger partial charge in [-0.1, -0.05) is 13.8 Å². The summed E-state index contributed by atoms with van der Waals surface area (Å²) >= 11 is 0. The third-order valence-electron chi connectivity index (χ3n) is 2.76. The third-order valence-corrected chi connectivity index (χ3v) is 2.76. The van der Waals surface area contributed by atoms with E-state index < -0.39 is 0 Å². The first-order valence-electron chi connectivity index (χ1n) is 5.49. The van der Waals surface area contributed by atoms with Gasteiger partial charge >= 0.3 is 0 Å². The van der Waals surface area contributed by atoms with Crippen LogP contribution in [0.4, 0.5) is 10.1 Å². The van der Waals surface area contributed by atoms with Gasteiger partial charge in [0.05, 0.1) is 0 Å². The van der Waals surface area contributed by atoms with E-state index in [9.17, 15) is 4.39 Å². The Bertz CT molecular complexity index is 346. The Hall–Kier alpha value is -1.05. The van der Waals surface area contributed by atoms with E-state index in [0.29, 0.717) is 0 Å². The molecular weight excluding hydrogens is 189 g/mol. The molecule has 0 saturated heterocycles. The molecule has 0 amide bonds. The zero-order valence-corrected chi connectivity index (χ0v) is 9.39. The molecule has 0 aliphatic carbocycles. The van der Waals surface area contributed by atoms with Crippen LogP contribution in [0.1, 0.15) is 25.8 Å². The highest BCUT2D eigenvalue weighted by atomic mass is 19.1. The molecule has 0 atom stereocenters. The third kappa shape index (κ3) is 2.31. The van der Waals surface area contributed by atoms with E-state index in [1.165, 1.54) is 11.6 Å². The van der Waals surface area contributed by atoms with Gasteiger partial charge in [0.25, 0.3) is 0 Å². The molecular formula is C13H17FN. The van der Waals surface area contributed by atoms with Gasteiger partial charge in [-0.2, -0.15) is 0 Å². The average molecular weight is 206 g/mol. The van der Waals surface area contributed by atoms with Gasteiger partial charge < -0.3 is 4.90 Å². The van der Waals surface area contributed by atoms with E-state index >= 15 is 0 Å². The van der Waals surface area contributed by atoms with E-state index in [-0.39, 0.29) is 5.82 Å². The quantitative estimate of drug-likeness (QED) is 0.718. The van der Waals surface area contributed by atoms with Crippen LogP contribution in [0.3, 0.4) is 0 Å². The summed E-state index contributed by atoms with van der Waals surface area (Å²) in [5, 5.41) is 0. The molecule has 0 saturated carbocycles. The topological polar surface area (TPSA) is 3.24 Å². The van der Waals surface area contributed by atoms with Gasteiger partial charge in [0.15, 0.2) is 0 Å². The molecule has 0 N–H and O–H groups in total. The lowest BCUT2D eigenvalue weighted by Crippen LogP contribution is -2.32. The summed E-state index contributed by atoms with van der Waals surface area (Å²) < 4.78 is 13.1. The first kappa shape index (κ1) is 10.5. The Morgan fingerprint density at radius 1 is 1.40 bits per heavy atom. The van der Waals surface area contributed by atoms with Crippen molar-refractivity contribution >= 4 is 5.69 Å². The Kier molecular flexibility index (Phi) is 2.94. The fourth-order valence-corrected chi connectivity index (χ4v) is 2.19. The van der Waals surface area contributed by atoms with Crippen molar-refractivity contribution < 1.29 is 4.39 Å². The highest BCUT2D eigenvalue weighted by molar-refractivity contribution is 5.56. The van der Waals surface area contributed by atoms with E-state index in [4.69, 9.17) is 0 Å². The minimum Gasteiger partial charge on any atom is -0.371 e. The maximum Gasteiger partial charge on any atom is 0.123 e. The summed E-state index contributed by atoms with van der Waals surface area (Å²) in [6, 6.07) is 5.14. The summed E-state index contributed by atoms with van der Waals surface area (Å²) in [5.74, 6) is 1.28. The zero-order valence-electron chi connectivity index (χ0n) is 9.39. The zero-order chi connectivity index (χ0) is 10.8. The Labute approximate surface area is 90.9 Å². The van der Waals surface area contributed by atoms with Crippen LogP contribution in [0.25, 0.3) is 0 Å². The number of halogens is 1. The van der Waals surface area contributed by atoms with E-state index in [1.807, 2.05) is 6.07 Å². The number of anilines is 1. The van der Waals surface area contributed by atoms with E-state index in [1.54, 1.807) is 12.1 Å². The lowest BCUT2D eigenvalue weighted by molar-refractivity contribution is 0.618. The van der Waals surface area contributed by atoms with Crippen molar-refractivity contribution in [3.05, 3.63) is 35.5 Å². The summed E-state index contributed by atoms with van der Waals surface area (Å²) in [6.07, 6.45) is 2.14. The monoisotopic (exact) mass is 206 g/mol. The van der Waals surface area contributed by atoms with Crippen LogP contribution in [0.2, 0.25) is 0 Å². The molecule has 0 spiro atoms. The van der Waals surface area contributed by atoms with Crippen molar-refractivity contribution in [1.82, 2.24) is 0 Å². The van der Waals surface area contributed by atoms with Crippen LogP contribution in [0.5, 0.6) is 0 Å². The van der Waals surface area contributed by atoms with Gasteiger partial charge in [-0.25, -0.2) is 4.39 Å². The van der Waals surface area contributed by atoms with Gasteiger partial charge in [0.1, 0.15) is 5.82 Å². The molecule has 1 nitrogen and oxygen atoms in total. The van der Waals surface area contributed by atoms with Gasteiger partial charge in [-0.15, -0.1) is 0 Å². The normalized spacial score (nSPS) is 15.6. The Morgan fingerprint density at radius 3 is 2.93 bits per heavy atom. The summed E-state index contributed by atoms with van der Waals surface area (Å²) in [6.45, 7) is 6.35. The highest BCUT2D eigenvalue weighted by Crippen LogP contribution is 2.28. The van der Waals surface area contributed by atoms with Crippen LogP contribution in [-0.2, 0) is 6.42 Å². The molecule has 1 radical (unpaired) electrons. The predicted molar refractivity (Wildman–Crippen MR) is 61.5 cm³/mol. The van der Waals surface area contributed by atoms with E-state index in [2.05, 4.69) is 18.7 Å². The average Bonchev–Trinajstić information content (AvgIpc) is 2.16. The smallest absolute Gasteiger partial charge is 0.123 e. The largest absolute Gasteiger partial charge is 0.371 e. The fourth-order valence-electron chi connectivity index (χ4n) is 2.19. The maximum absolute atomic E-state index is 13.1. The van der Waals surface area contributed by atoms with Crippen molar-refractivity contribution in [2.45, 2.75) is 26.7 Å². The van der Waals surface area contributed by atoms with Gasteiger partial charge in [-0.3, -0.25) is 0 Å². The van der Waals surface area contributed by atoms with Crippen LogP contribution in [0, 0.1) is 11.7 Å². The van der Waals surface area contributed by atoms with Crippen molar-refractivity contribution in [3.8, 4) is 0 Å². The molecule has 1 heterocycles. The second kappa shape index (κ2) is 4.21. The highest BCUT2D eigenvalue weighted by Gasteiger charge is 2.17. The first-order valence-corrected chi connectivity index (χ1v) is 5.49. The molecule has 2 heteroatoms. The molecule has 1 aromatic rings. The number of hydrogen-bond donors (Lipinski definition) is 0. The van der Waals surface area contributed by atoms with Crippen molar-refractivity contribution in [1.29, 1.82) is 0 Å². The number of benzene rings is 1. The molecule has 0 aromatic heterocycles. The number of rotatable bonds is 2. The van der Waals surface area contributed by atoms with Crippen LogP contribution < -0.4 is 4.90 Å². The second-order valence-electron chi connectivity index (χ2n) is 4.51. The minimum absolute atomic E-state index is 0.118. The summed E-state index contributed by atoms with van der Waals surface area (Å²) in [4.78, 5) is 2.34. The van der Waals surface area contributed by atoms with Crippen LogP contribution >= 0.6 is 0 Å². The standard InChI is InChI=1S/C13H17FN/c1-10(2)9-15-7-3-4-11-8-12(14)5-6-13(11)15/h5-6,8H,3-4,7,9H2,1-2H3. The lowest BCUT2D eigenvalue weighted by Gasteiger charge is -2.32.